The van der Waals surface area contributed by atoms with Crippen LogP contribution in [0.2, 0.25) is 0 Å². The van der Waals surface area contributed by atoms with Crippen LogP contribution in [0.1, 0.15) is 25.8 Å². The summed E-state index contributed by atoms with van der Waals surface area (Å²) in [5.74, 6) is 1.67. The summed E-state index contributed by atoms with van der Waals surface area (Å²) < 4.78 is 15.7. The number of hydrogen-bond donors (Lipinski definition) is 0. The van der Waals surface area contributed by atoms with Gasteiger partial charge in [0.25, 0.3) is 0 Å². The van der Waals surface area contributed by atoms with E-state index in [1.54, 1.807) is 12.1 Å². The predicted molar refractivity (Wildman–Crippen MR) is 80.5 cm³/mol. The van der Waals surface area contributed by atoms with Gasteiger partial charge in [0.1, 0.15) is 17.2 Å². The molecule has 21 heavy (non-hydrogen) atoms. The highest BCUT2D eigenvalue weighted by Crippen LogP contribution is 2.36. The summed E-state index contributed by atoms with van der Waals surface area (Å²) in [5, 5.41) is 11.2. The largest absolute Gasteiger partial charge is 0.496 e. The molecule has 1 rings (SSSR count). The highest BCUT2D eigenvalue weighted by atomic mass is 16.6. The van der Waals surface area contributed by atoms with Gasteiger partial charge in [-0.05, 0) is 5.92 Å². The van der Waals surface area contributed by atoms with Crippen LogP contribution in [0.25, 0.3) is 6.08 Å². The average molecular weight is 295 g/mol. The maximum Gasteiger partial charge on any atom is 0.247 e. The molecule has 0 atom stereocenters. The maximum atomic E-state index is 11.2. The second kappa shape index (κ2) is 7.52. The number of ether oxygens (including phenoxy) is 3. The monoisotopic (exact) mass is 295 g/mol. The molecule has 0 spiro atoms. The second-order valence-corrected chi connectivity index (χ2v) is 4.94. The fourth-order valence-electron chi connectivity index (χ4n) is 1.95. The Morgan fingerprint density at radius 2 is 1.71 bits per heavy atom. The lowest BCUT2D eigenvalue weighted by atomic mass is 10.0. The number of benzene rings is 1. The van der Waals surface area contributed by atoms with Gasteiger partial charge in [0.05, 0.1) is 31.8 Å². The van der Waals surface area contributed by atoms with Crippen LogP contribution in [0, 0.1) is 16.0 Å². The second-order valence-electron chi connectivity index (χ2n) is 4.94. The van der Waals surface area contributed by atoms with Crippen molar-refractivity contribution in [2.24, 2.45) is 5.92 Å². The van der Waals surface area contributed by atoms with Crippen molar-refractivity contribution in [1.82, 2.24) is 0 Å². The zero-order valence-electron chi connectivity index (χ0n) is 13.0. The van der Waals surface area contributed by atoms with Crippen molar-refractivity contribution in [1.29, 1.82) is 0 Å². The van der Waals surface area contributed by atoms with Gasteiger partial charge in [-0.3, -0.25) is 10.1 Å². The molecule has 116 valence electrons. The predicted octanol–water partition coefficient (Wildman–Crippen LogP) is 3.38. The van der Waals surface area contributed by atoms with Crippen molar-refractivity contribution in [3.8, 4) is 17.2 Å². The van der Waals surface area contributed by atoms with E-state index in [1.807, 2.05) is 13.8 Å². The molecular weight excluding hydrogens is 274 g/mol. The molecule has 0 amide bonds. The molecule has 6 nitrogen and oxygen atoms in total. The Balaban J connectivity index is 3.41. The molecule has 6 heteroatoms. The Labute approximate surface area is 124 Å². The first-order valence-corrected chi connectivity index (χ1v) is 6.57. The van der Waals surface area contributed by atoms with Gasteiger partial charge in [-0.1, -0.05) is 13.8 Å². The molecule has 0 aromatic heterocycles. The van der Waals surface area contributed by atoms with Gasteiger partial charge in [0, 0.05) is 24.6 Å². The van der Waals surface area contributed by atoms with Crippen molar-refractivity contribution in [3.63, 3.8) is 0 Å². The van der Waals surface area contributed by atoms with Gasteiger partial charge in [0.2, 0.25) is 5.70 Å². The SMILES string of the molecule is COc1cc(OC)c(C=C(CC(C)C)[N+](=O)[O-])c(OC)c1. The van der Waals surface area contributed by atoms with Crippen LogP contribution in [-0.2, 0) is 0 Å². The fraction of sp³-hybridized carbons (Fsp3) is 0.467. The lowest BCUT2D eigenvalue weighted by molar-refractivity contribution is -0.427. The molecule has 0 saturated carbocycles. The number of methoxy groups -OCH3 is 3. The van der Waals surface area contributed by atoms with Crippen LogP contribution < -0.4 is 14.2 Å². The quantitative estimate of drug-likeness (QED) is 0.569. The fourth-order valence-corrected chi connectivity index (χ4v) is 1.95. The van der Waals surface area contributed by atoms with Gasteiger partial charge >= 0.3 is 0 Å². The van der Waals surface area contributed by atoms with Crippen LogP contribution >= 0.6 is 0 Å². The van der Waals surface area contributed by atoms with Gasteiger partial charge in [0.15, 0.2) is 0 Å². The highest BCUT2D eigenvalue weighted by Gasteiger charge is 2.18. The van der Waals surface area contributed by atoms with Gasteiger partial charge < -0.3 is 14.2 Å². The van der Waals surface area contributed by atoms with E-state index < -0.39 is 0 Å². The molecule has 0 aliphatic rings. The lowest BCUT2D eigenvalue weighted by Gasteiger charge is -2.13. The van der Waals surface area contributed by atoms with E-state index in [0.717, 1.165) is 0 Å². The summed E-state index contributed by atoms with van der Waals surface area (Å²) in [7, 11) is 4.53. The van der Waals surface area contributed by atoms with Crippen LogP contribution in [0.5, 0.6) is 17.2 Å². The third-order valence-corrected chi connectivity index (χ3v) is 2.92. The molecular formula is C15H21NO5. The Hall–Kier alpha value is -2.24. The van der Waals surface area contributed by atoms with E-state index in [1.165, 1.54) is 27.4 Å². The third kappa shape index (κ3) is 4.37. The molecule has 0 N–H and O–H groups in total. The van der Waals surface area contributed by atoms with Gasteiger partial charge in [-0.15, -0.1) is 0 Å². The minimum Gasteiger partial charge on any atom is -0.496 e. The Morgan fingerprint density at radius 3 is 2.05 bits per heavy atom. The topological polar surface area (TPSA) is 70.8 Å². The zero-order chi connectivity index (χ0) is 16.0. The molecule has 0 bridgehead atoms. The molecule has 1 aromatic rings. The zero-order valence-corrected chi connectivity index (χ0v) is 13.0. The standard InChI is InChI=1S/C15H21NO5/c1-10(2)6-11(16(17)18)7-13-14(20-4)8-12(19-3)9-15(13)21-5/h7-10H,6H2,1-5H3. The summed E-state index contributed by atoms with van der Waals surface area (Å²) in [5.41, 5.74) is 0.653. The molecule has 0 radical (unpaired) electrons. The lowest BCUT2D eigenvalue weighted by Crippen LogP contribution is -2.03. The Bertz CT molecular complexity index is 512. The van der Waals surface area contributed by atoms with Gasteiger partial charge in [-0.25, -0.2) is 0 Å². The first kappa shape index (κ1) is 16.8. The molecule has 0 aliphatic carbocycles. The average Bonchev–Trinajstić information content (AvgIpc) is 2.45. The van der Waals surface area contributed by atoms with Crippen molar-refractivity contribution in [3.05, 3.63) is 33.5 Å². The first-order chi connectivity index (χ1) is 9.92. The minimum atomic E-state index is -0.372. The Morgan fingerprint density at radius 1 is 1.19 bits per heavy atom. The number of allylic oxidation sites excluding steroid dienone is 1. The molecule has 0 saturated heterocycles. The van der Waals surface area contributed by atoms with E-state index in [9.17, 15) is 10.1 Å². The van der Waals surface area contributed by atoms with Crippen molar-refractivity contribution in [2.45, 2.75) is 20.3 Å². The molecule has 0 unspecified atom stereocenters. The number of rotatable bonds is 7. The third-order valence-electron chi connectivity index (χ3n) is 2.92. The van der Waals surface area contributed by atoms with Crippen molar-refractivity contribution < 1.29 is 19.1 Å². The van der Waals surface area contributed by atoms with E-state index in [-0.39, 0.29) is 16.5 Å². The number of hydrogen-bond acceptors (Lipinski definition) is 5. The van der Waals surface area contributed by atoms with E-state index in [0.29, 0.717) is 29.2 Å². The molecule has 1 aromatic carbocycles. The van der Waals surface area contributed by atoms with Crippen LogP contribution in [0.15, 0.2) is 17.8 Å². The van der Waals surface area contributed by atoms with E-state index in [2.05, 4.69) is 0 Å². The smallest absolute Gasteiger partial charge is 0.247 e. The van der Waals surface area contributed by atoms with E-state index >= 15 is 0 Å². The normalized spacial score (nSPS) is 11.4. The number of nitrogens with zero attached hydrogens (tertiary/aromatic N) is 1. The maximum absolute atomic E-state index is 11.2. The highest BCUT2D eigenvalue weighted by molar-refractivity contribution is 5.67. The summed E-state index contributed by atoms with van der Waals surface area (Å²) in [6, 6.07) is 3.34. The molecule has 0 fully saturated rings. The minimum absolute atomic E-state index is 0.117. The van der Waals surface area contributed by atoms with Crippen LogP contribution in [-0.4, -0.2) is 26.3 Å². The number of nitro groups is 1. The summed E-state index contributed by atoms with van der Waals surface area (Å²) in [6.45, 7) is 3.86. The molecule has 0 aliphatic heterocycles. The van der Waals surface area contributed by atoms with Crippen LogP contribution in [0.4, 0.5) is 0 Å². The van der Waals surface area contributed by atoms with Gasteiger partial charge in [-0.2, -0.15) is 0 Å². The summed E-state index contributed by atoms with van der Waals surface area (Å²) >= 11 is 0. The van der Waals surface area contributed by atoms with E-state index in [4.69, 9.17) is 14.2 Å². The van der Waals surface area contributed by atoms with Crippen molar-refractivity contribution in [2.75, 3.05) is 21.3 Å². The Kier molecular flexibility index (Phi) is 6.02. The summed E-state index contributed by atoms with van der Waals surface area (Å²) in [4.78, 5) is 10.8. The summed E-state index contributed by atoms with van der Waals surface area (Å²) in [6.07, 6.45) is 1.86. The molecule has 0 heterocycles. The van der Waals surface area contributed by atoms with Crippen molar-refractivity contribution >= 4 is 6.08 Å². The van der Waals surface area contributed by atoms with Crippen LogP contribution in [0.3, 0.4) is 0 Å². The first-order valence-electron chi connectivity index (χ1n) is 6.57.